The Morgan fingerprint density at radius 3 is 2.65 bits per heavy atom. The van der Waals surface area contributed by atoms with E-state index in [2.05, 4.69) is 63.2 Å². The molecular formula is C14H28N2S. The van der Waals surface area contributed by atoms with Gasteiger partial charge in [-0.3, -0.25) is 4.90 Å². The first-order chi connectivity index (χ1) is 7.79. The van der Waals surface area contributed by atoms with Gasteiger partial charge in [-0.15, -0.1) is 0 Å². The molecule has 3 heteroatoms. The van der Waals surface area contributed by atoms with Crippen LogP contribution in [0.1, 0.15) is 34.6 Å². The molecule has 0 saturated carbocycles. The molecule has 2 atom stereocenters. The van der Waals surface area contributed by atoms with Crippen LogP contribution in [0.3, 0.4) is 0 Å². The highest BCUT2D eigenvalue weighted by Crippen LogP contribution is 2.24. The highest BCUT2D eigenvalue weighted by Gasteiger charge is 2.25. The second-order valence-electron chi connectivity index (χ2n) is 6.14. The Kier molecular flexibility index (Phi) is 5.55. The normalized spacial score (nSPS) is 27.1. The summed E-state index contributed by atoms with van der Waals surface area (Å²) in [5, 5.41) is 4.25. The quantitative estimate of drug-likeness (QED) is 0.779. The number of nitrogens with one attached hydrogen (secondary N) is 1. The van der Waals surface area contributed by atoms with E-state index < -0.39 is 0 Å². The van der Waals surface area contributed by atoms with Crippen molar-refractivity contribution in [2.24, 2.45) is 0 Å². The smallest absolute Gasteiger partial charge is 0.0206 e. The van der Waals surface area contributed by atoms with Crippen molar-refractivity contribution >= 4 is 11.8 Å². The van der Waals surface area contributed by atoms with E-state index >= 15 is 0 Å². The van der Waals surface area contributed by atoms with Crippen LogP contribution in [0.15, 0.2) is 12.2 Å². The second-order valence-corrected chi connectivity index (χ2v) is 7.63. The molecule has 0 spiro atoms. The number of rotatable bonds is 4. The van der Waals surface area contributed by atoms with Crippen LogP contribution >= 0.6 is 11.8 Å². The van der Waals surface area contributed by atoms with Gasteiger partial charge in [-0.2, -0.15) is 11.8 Å². The molecule has 0 aromatic heterocycles. The summed E-state index contributed by atoms with van der Waals surface area (Å²) in [6, 6.07) is 0.667. The lowest BCUT2D eigenvalue weighted by molar-refractivity contribution is 0.229. The summed E-state index contributed by atoms with van der Waals surface area (Å²) in [5.74, 6) is 1.26. The van der Waals surface area contributed by atoms with Gasteiger partial charge >= 0.3 is 0 Å². The largest absolute Gasteiger partial charge is 0.308 e. The van der Waals surface area contributed by atoms with E-state index in [0.717, 1.165) is 18.3 Å². The highest BCUT2D eigenvalue weighted by atomic mass is 32.2. The Labute approximate surface area is 111 Å². The molecule has 0 bridgehead atoms. The molecule has 1 aliphatic rings. The van der Waals surface area contributed by atoms with Gasteiger partial charge in [0.05, 0.1) is 0 Å². The molecule has 1 heterocycles. The Balaban J connectivity index is 2.35. The minimum Gasteiger partial charge on any atom is -0.308 e. The average molecular weight is 256 g/mol. The minimum absolute atomic E-state index is 0.180. The minimum atomic E-state index is 0.180. The van der Waals surface area contributed by atoms with Crippen LogP contribution < -0.4 is 5.32 Å². The Morgan fingerprint density at radius 1 is 1.41 bits per heavy atom. The average Bonchev–Trinajstić information content (AvgIpc) is 2.21. The van der Waals surface area contributed by atoms with E-state index in [4.69, 9.17) is 0 Å². The van der Waals surface area contributed by atoms with E-state index in [0.29, 0.717) is 6.04 Å². The van der Waals surface area contributed by atoms with Crippen molar-refractivity contribution in [3.05, 3.63) is 12.2 Å². The highest BCUT2D eigenvalue weighted by molar-refractivity contribution is 8.00. The van der Waals surface area contributed by atoms with Crippen molar-refractivity contribution in [3.63, 3.8) is 0 Å². The molecule has 0 radical (unpaired) electrons. The lowest BCUT2D eigenvalue weighted by Crippen LogP contribution is -2.46. The third kappa shape index (κ3) is 5.45. The topological polar surface area (TPSA) is 15.3 Å². The van der Waals surface area contributed by atoms with Crippen LogP contribution in [0.25, 0.3) is 0 Å². The van der Waals surface area contributed by atoms with Crippen molar-refractivity contribution in [3.8, 4) is 0 Å². The zero-order chi connectivity index (χ0) is 13.1. The maximum atomic E-state index is 4.20. The molecule has 17 heavy (non-hydrogen) atoms. The summed E-state index contributed by atoms with van der Waals surface area (Å²) in [6.07, 6.45) is 0. The predicted octanol–water partition coefficient (Wildman–Crippen LogP) is 2.76. The zero-order valence-corrected chi connectivity index (χ0v) is 12.9. The summed E-state index contributed by atoms with van der Waals surface area (Å²) < 4.78 is 0. The molecule has 2 nitrogen and oxygen atoms in total. The zero-order valence-electron chi connectivity index (χ0n) is 12.0. The van der Waals surface area contributed by atoms with Gasteiger partial charge in [-0.05, 0) is 33.3 Å². The van der Waals surface area contributed by atoms with E-state index in [1.807, 2.05) is 0 Å². The van der Waals surface area contributed by atoms with Crippen LogP contribution in [0.5, 0.6) is 0 Å². The van der Waals surface area contributed by atoms with Gasteiger partial charge in [0.15, 0.2) is 0 Å². The number of hydrogen-bond acceptors (Lipinski definition) is 3. The van der Waals surface area contributed by atoms with Gasteiger partial charge in [-0.1, -0.05) is 13.5 Å². The van der Waals surface area contributed by atoms with Gasteiger partial charge in [0.2, 0.25) is 0 Å². The van der Waals surface area contributed by atoms with Crippen molar-refractivity contribution in [2.75, 3.05) is 25.4 Å². The van der Waals surface area contributed by atoms with Crippen molar-refractivity contribution in [2.45, 2.75) is 51.4 Å². The number of nitrogens with zero attached hydrogens (tertiary/aromatic N) is 1. The summed E-state index contributed by atoms with van der Waals surface area (Å²) in [7, 11) is 0. The lowest BCUT2D eigenvalue weighted by Gasteiger charge is -2.38. The molecule has 0 amide bonds. The second kappa shape index (κ2) is 6.26. The summed E-state index contributed by atoms with van der Waals surface area (Å²) >= 11 is 2.09. The fourth-order valence-electron chi connectivity index (χ4n) is 1.95. The molecule has 100 valence electrons. The van der Waals surface area contributed by atoms with E-state index in [1.54, 1.807) is 0 Å². The van der Waals surface area contributed by atoms with Crippen LogP contribution in [-0.4, -0.2) is 47.1 Å². The van der Waals surface area contributed by atoms with E-state index in [1.165, 1.54) is 17.9 Å². The fraction of sp³-hybridized carbons (Fsp3) is 0.857. The molecule has 1 rings (SSSR count). The summed E-state index contributed by atoms with van der Waals surface area (Å²) in [6.45, 7) is 18.6. The maximum absolute atomic E-state index is 4.20. The van der Waals surface area contributed by atoms with Gasteiger partial charge in [0.25, 0.3) is 0 Å². The van der Waals surface area contributed by atoms with Crippen LogP contribution in [0.4, 0.5) is 0 Å². The van der Waals surface area contributed by atoms with Crippen LogP contribution in [-0.2, 0) is 0 Å². The first-order valence-corrected chi connectivity index (χ1v) is 7.62. The molecule has 1 N–H and O–H groups in total. The lowest BCUT2D eigenvalue weighted by atomic mass is 10.1. The molecular weight excluding hydrogens is 228 g/mol. The van der Waals surface area contributed by atoms with Crippen molar-refractivity contribution in [1.29, 1.82) is 0 Å². The van der Waals surface area contributed by atoms with Crippen LogP contribution in [0.2, 0.25) is 0 Å². The third-order valence-corrected chi connectivity index (χ3v) is 4.65. The molecule has 2 unspecified atom stereocenters. The fourth-order valence-corrected chi connectivity index (χ4v) is 3.11. The standard InChI is InChI=1S/C14H28N2S/c1-11(9-15-14(4,5)6)10-16-7-8-17-13(3)12(16)2/h12-13,15H,1,7-10H2,2-6H3. The SMILES string of the molecule is C=C(CNC(C)(C)C)CN1CCSC(C)C1C. The monoisotopic (exact) mass is 256 g/mol. The van der Waals surface area contributed by atoms with Gasteiger partial charge < -0.3 is 5.32 Å². The molecule has 1 saturated heterocycles. The van der Waals surface area contributed by atoms with Gasteiger partial charge in [0, 0.05) is 42.2 Å². The van der Waals surface area contributed by atoms with Gasteiger partial charge in [-0.25, -0.2) is 0 Å². The number of thioether (sulfide) groups is 1. The molecule has 0 aliphatic carbocycles. The number of hydrogen-bond donors (Lipinski definition) is 1. The first kappa shape index (κ1) is 15.1. The first-order valence-electron chi connectivity index (χ1n) is 6.57. The molecule has 0 aromatic carbocycles. The van der Waals surface area contributed by atoms with Crippen molar-refractivity contribution in [1.82, 2.24) is 10.2 Å². The van der Waals surface area contributed by atoms with E-state index in [-0.39, 0.29) is 5.54 Å². The predicted molar refractivity (Wildman–Crippen MR) is 79.9 cm³/mol. The Bertz CT molecular complexity index is 257. The summed E-state index contributed by atoms with van der Waals surface area (Å²) in [4.78, 5) is 2.56. The summed E-state index contributed by atoms with van der Waals surface area (Å²) in [5.41, 5.74) is 1.48. The third-order valence-electron chi connectivity index (χ3n) is 3.31. The Morgan fingerprint density at radius 2 is 2.06 bits per heavy atom. The van der Waals surface area contributed by atoms with Crippen LogP contribution in [0, 0.1) is 0 Å². The molecule has 1 fully saturated rings. The van der Waals surface area contributed by atoms with E-state index in [9.17, 15) is 0 Å². The van der Waals surface area contributed by atoms with Crippen molar-refractivity contribution < 1.29 is 0 Å². The Hall–Kier alpha value is 0.0100. The molecule has 1 aliphatic heterocycles. The maximum Gasteiger partial charge on any atom is 0.0206 e. The van der Waals surface area contributed by atoms with Gasteiger partial charge in [0.1, 0.15) is 0 Å². The molecule has 0 aromatic rings.